The molecule has 0 saturated carbocycles. The quantitative estimate of drug-likeness (QED) is 0.842. The number of amides is 2. The minimum atomic E-state index is -0.413. The van der Waals surface area contributed by atoms with Crippen LogP contribution < -0.4 is 10.6 Å². The van der Waals surface area contributed by atoms with Gasteiger partial charge in [-0.2, -0.15) is 0 Å². The molecule has 2 rings (SSSR count). The number of pyridine rings is 1. The Morgan fingerprint density at radius 2 is 2.08 bits per heavy atom. The molecule has 1 aromatic heterocycles. The lowest BCUT2D eigenvalue weighted by Crippen LogP contribution is -2.32. The zero-order valence-corrected chi connectivity index (χ0v) is 14.1. The van der Waals surface area contributed by atoms with Crippen LogP contribution in [0.5, 0.6) is 0 Å². The molecule has 1 atom stereocenters. The molecule has 2 N–H and O–H groups in total. The van der Waals surface area contributed by atoms with Crippen LogP contribution in [0.3, 0.4) is 0 Å². The molecule has 0 fully saturated rings. The first-order valence-electron chi connectivity index (χ1n) is 7.29. The highest BCUT2D eigenvalue weighted by Crippen LogP contribution is 2.22. The number of carbonyl (C=O) groups excluding carboxylic acids is 2. The molecule has 0 saturated heterocycles. The summed E-state index contributed by atoms with van der Waals surface area (Å²) in [5.41, 5.74) is 1.44. The summed E-state index contributed by atoms with van der Waals surface area (Å²) in [7, 11) is 1.55. The maximum absolute atomic E-state index is 12.6. The number of anilines is 1. The van der Waals surface area contributed by atoms with E-state index in [1.807, 2.05) is 6.07 Å². The van der Waals surface area contributed by atoms with Crippen LogP contribution in [0, 0.1) is 0 Å². The average Bonchev–Trinajstić information content (AvgIpc) is 2.56. The van der Waals surface area contributed by atoms with Crippen molar-refractivity contribution in [2.24, 2.45) is 0 Å². The number of nitrogens with zero attached hydrogens (tertiary/aromatic N) is 1. The molecule has 6 nitrogen and oxygen atoms in total. The van der Waals surface area contributed by atoms with Crippen molar-refractivity contribution in [3.63, 3.8) is 0 Å². The second-order valence-electron chi connectivity index (χ2n) is 5.11. The summed E-state index contributed by atoms with van der Waals surface area (Å²) in [5.74, 6) is -0.602. The Balaban J connectivity index is 2.22. The van der Waals surface area contributed by atoms with Gasteiger partial charge < -0.3 is 15.4 Å². The van der Waals surface area contributed by atoms with Crippen molar-refractivity contribution in [3.05, 3.63) is 58.9 Å². The summed E-state index contributed by atoms with van der Waals surface area (Å²) >= 11 is 6.11. The zero-order valence-electron chi connectivity index (χ0n) is 13.4. The predicted molar refractivity (Wildman–Crippen MR) is 92.1 cm³/mol. The molecule has 0 bridgehead atoms. The number of carbonyl (C=O) groups is 2. The summed E-state index contributed by atoms with van der Waals surface area (Å²) in [6, 6.07) is 9.74. The van der Waals surface area contributed by atoms with Gasteiger partial charge in [-0.3, -0.25) is 14.6 Å². The molecular weight excluding hydrogens is 330 g/mol. The standard InChI is InChI=1S/C17H18ClN3O3/c1-11(22)20-12-6-7-14(18)13(9-12)17(23)21-16(10-24-2)15-5-3-4-8-19-15/h3-9,16H,10H2,1-2H3,(H,20,22)(H,21,23)/t16-/m0/s1. The van der Waals surface area contributed by atoms with Crippen molar-refractivity contribution < 1.29 is 14.3 Å². The van der Waals surface area contributed by atoms with Gasteiger partial charge in [0.15, 0.2) is 0 Å². The zero-order chi connectivity index (χ0) is 17.5. The van der Waals surface area contributed by atoms with Crippen LogP contribution in [0.25, 0.3) is 0 Å². The van der Waals surface area contributed by atoms with Gasteiger partial charge in [0.05, 0.1) is 28.9 Å². The fourth-order valence-electron chi connectivity index (χ4n) is 2.17. The third-order valence-corrected chi connectivity index (χ3v) is 3.54. The van der Waals surface area contributed by atoms with E-state index in [1.165, 1.54) is 13.0 Å². The van der Waals surface area contributed by atoms with Crippen molar-refractivity contribution in [1.82, 2.24) is 10.3 Å². The van der Waals surface area contributed by atoms with E-state index in [-0.39, 0.29) is 24.0 Å². The largest absolute Gasteiger partial charge is 0.382 e. The molecule has 0 radical (unpaired) electrons. The number of ether oxygens (including phenoxy) is 1. The Bertz CT molecular complexity index is 722. The fourth-order valence-corrected chi connectivity index (χ4v) is 2.37. The number of halogens is 1. The van der Waals surface area contributed by atoms with E-state index >= 15 is 0 Å². The highest BCUT2D eigenvalue weighted by Gasteiger charge is 2.19. The van der Waals surface area contributed by atoms with E-state index < -0.39 is 6.04 Å². The number of hydrogen-bond donors (Lipinski definition) is 2. The van der Waals surface area contributed by atoms with Gasteiger partial charge in [0.2, 0.25) is 5.91 Å². The third-order valence-electron chi connectivity index (χ3n) is 3.21. The SMILES string of the molecule is COC[C@H](NC(=O)c1cc(NC(C)=O)ccc1Cl)c1ccccn1. The predicted octanol–water partition coefficient (Wildman–Crippen LogP) is 2.81. The topological polar surface area (TPSA) is 80.3 Å². The lowest BCUT2D eigenvalue weighted by Gasteiger charge is -2.18. The maximum Gasteiger partial charge on any atom is 0.253 e. The number of benzene rings is 1. The van der Waals surface area contributed by atoms with Crippen molar-refractivity contribution in [3.8, 4) is 0 Å². The Kier molecular flexibility index (Phi) is 6.28. The second-order valence-corrected chi connectivity index (χ2v) is 5.52. The molecular formula is C17H18ClN3O3. The van der Waals surface area contributed by atoms with E-state index in [1.54, 1.807) is 37.6 Å². The molecule has 1 heterocycles. The summed E-state index contributed by atoms with van der Waals surface area (Å²) in [6.45, 7) is 1.66. The third kappa shape index (κ3) is 4.78. The number of hydrogen-bond acceptors (Lipinski definition) is 4. The van der Waals surface area contributed by atoms with Gasteiger partial charge in [-0.25, -0.2) is 0 Å². The van der Waals surface area contributed by atoms with Crippen LogP contribution in [-0.2, 0) is 9.53 Å². The number of nitrogens with one attached hydrogen (secondary N) is 2. The van der Waals surface area contributed by atoms with Crippen molar-refractivity contribution in [2.45, 2.75) is 13.0 Å². The number of methoxy groups -OCH3 is 1. The molecule has 0 aliphatic carbocycles. The Hall–Kier alpha value is -2.44. The summed E-state index contributed by atoms with van der Waals surface area (Å²) in [6.07, 6.45) is 1.65. The minimum absolute atomic E-state index is 0.227. The number of aromatic nitrogens is 1. The second kappa shape index (κ2) is 8.42. The van der Waals surface area contributed by atoms with Gasteiger partial charge in [0, 0.05) is 25.9 Å². The van der Waals surface area contributed by atoms with Crippen molar-refractivity contribution >= 4 is 29.1 Å². The lowest BCUT2D eigenvalue weighted by molar-refractivity contribution is -0.114. The molecule has 24 heavy (non-hydrogen) atoms. The Labute approximate surface area is 145 Å². The Morgan fingerprint density at radius 1 is 1.29 bits per heavy atom. The van der Waals surface area contributed by atoms with E-state index in [4.69, 9.17) is 16.3 Å². The van der Waals surface area contributed by atoms with Gasteiger partial charge in [0.25, 0.3) is 5.91 Å². The van der Waals surface area contributed by atoms with Crippen LogP contribution in [0.1, 0.15) is 29.0 Å². The van der Waals surface area contributed by atoms with E-state index in [0.717, 1.165) is 0 Å². The first kappa shape index (κ1) is 17.9. The van der Waals surface area contributed by atoms with Crippen molar-refractivity contribution in [1.29, 1.82) is 0 Å². The van der Waals surface area contributed by atoms with Gasteiger partial charge >= 0.3 is 0 Å². The van der Waals surface area contributed by atoms with Gasteiger partial charge in [-0.1, -0.05) is 17.7 Å². The fraction of sp³-hybridized carbons (Fsp3) is 0.235. The maximum atomic E-state index is 12.6. The van der Waals surface area contributed by atoms with Crippen LogP contribution in [-0.4, -0.2) is 30.5 Å². The van der Waals surface area contributed by atoms with Crippen molar-refractivity contribution in [2.75, 3.05) is 19.0 Å². The van der Waals surface area contributed by atoms with Crippen LogP contribution >= 0.6 is 11.6 Å². The molecule has 7 heteroatoms. The smallest absolute Gasteiger partial charge is 0.253 e. The van der Waals surface area contributed by atoms with Gasteiger partial charge in [0.1, 0.15) is 0 Å². The molecule has 2 amide bonds. The lowest BCUT2D eigenvalue weighted by atomic mass is 10.1. The first-order chi connectivity index (χ1) is 11.5. The Morgan fingerprint density at radius 3 is 2.71 bits per heavy atom. The summed E-state index contributed by atoms with van der Waals surface area (Å²) in [4.78, 5) is 28.0. The molecule has 0 aliphatic heterocycles. The monoisotopic (exact) mass is 347 g/mol. The highest BCUT2D eigenvalue weighted by molar-refractivity contribution is 6.34. The minimum Gasteiger partial charge on any atom is -0.382 e. The van der Waals surface area contributed by atoms with Gasteiger partial charge in [-0.05, 0) is 30.3 Å². The highest BCUT2D eigenvalue weighted by atomic mass is 35.5. The summed E-state index contributed by atoms with van der Waals surface area (Å²) in [5, 5.41) is 5.76. The van der Waals surface area contributed by atoms with Crippen LogP contribution in [0.4, 0.5) is 5.69 Å². The first-order valence-corrected chi connectivity index (χ1v) is 7.67. The van der Waals surface area contributed by atoms with E-state index in [2.05, 4.69) is 15.6 Å². The molecule has 126 valence electrons. The molecule has 2 aromatic rings. The number of rotatable bonds is 6. The molecule has 0 aliphatic rings. The van der Waals surface area contributed by atoms with E-state index in [0.29, 0.717) is 16.4 Å². The van der Waals surface area contributed by atoms with E-state index in [9.17, 15) is 9.59 Å². The summed E-state index contributed by atoms with van der Waals surface area (Å²) < 4.78 is 5.16. The van der Waals surface area contributed by atoms with Gasteiger partial charge in [-0.15, -0.1) is 0 Å². The average molecular weight is 348 g/mol. The van der Waals surface area contributed by atoms with Crippen LogP contribution in [0.15, 0.2) is 42.6 Å². The molecule has 0 spiro atoms. The molecule has 1 aromatic carbocycles. The molecule has 0 unspecified atom stereocenters. The normalized spacial score (nSPS) is 11.6. The van der Waals surface area contributed by atoms with Crippen LogP contribution in [0.2, 0.25) is 5.02 Å².